The molecule has 1 heterocycles. The summed E-state index contributed by atoms with van der Waals surface area (Å²) in [6.45, 7) is 0. The summed E-state index contributed by atoms with van der Waals surface area (Å²) >= 11 is 0. The summed E-state index contributed by atoms with van der Waals surface area (Å²) in [5.41, 5.74) is 3.60. The smallest absolute Gasteiger partial charge is 0.196 e. The Morgan fingerprint density at radius 1 is 1.00 bits per heavy atom. The van der Waals surface area contributed by atoms with Gasteiger partial charge in [-0.3, -0.25) is 4.79 Å². The first-order valence-corrected chi connectivity index (χ1v) is 4.54. The Bertz CT molecular complexity index is 509. The second-order valence-electron chi connectivity index (χ2n) is 3.47. The molecule has 0 saturated carbocycles. The Morgan fingerprint density at radius 3 is 2.79 bits per heavy atom. The maximum Gasteiger partial charge on any atom is 0.196 e. The van der Waals surface area contributed by atoms with Crippen LogP contribution in [-0.4, -0.2) is 5.78 Å². The summed E-state index contributed by atoms with van der Waals surface area (Å²) < 4.78 is 5.05. The molecule has 2 heteroatoms. The lowest BCUT2D eigenvalue weighted by Crippen LogP contribution is -2.12. The zero-order valence-electron chi connectivity index (χ0n) is 7.49. The molecule has 0 aliphatic heterocycles. The highest BCUT2D eigenvalue weighted by Gasteiger charge is 2.23. The minimum Gasteiger partial charge on any atom is -0.472 e. The van der Waals surface area contributed by atoms with E-state index in [1.54, 1.807) is 6.26 Å². The molecular weight excluding hydrogens is 176 g/mol. The van der Waals surface area contributed by atoms with E-state index < -0.39 is 0 Å². The molecule has 3 rings (SSSR count). The number of hydrogen-bond donors (Lipinski definition) is 0. The molecule has 68 valence electrons. The SMILES string of the molecule is O=C1c2ccccc2Cc2cocc21. The van der Waals surface area contributed by atoms with Gasteiger partial charge in [-0.25, -0.2) is 0 Å². The van der Waals surface area contributed by atoms with E-state index in [0.717, 1.165) is 23.1 Å². The molecule has 0 bridgehead atoms. The molecule has 0 spiro atoms. The van der Waals surface area contributed by atoms with Gasteiger partial charge in [0.1, 0.15) is 6.26 Å². The van der Waals surface area contributed by atoms with Crippen molar-refractivity contribution in [3.8, 4) is 0 Å². The van der Waals surface area contributed by atoms with Gasteiger partial charge in [-0.1, -0.05) is 24.3 Å². The van der Waals surface area contributed by atoms with Crippen molar-refractivity contribution in [1.29, 1.82) is 0 Å². The van der Waals surface area contributed by atoms with Crippen LogP contribution in [0.25, 0.3) is 0 Å². The summed E-state index contributed by atoms with van der Waals surface area (Å²) in [6.07, 6.45) is 3.99. The fraction of sp³-hybridized carbons (Fsp3) is 0.0833. The van der Waals surface area contributed by atoms with E-state index in [0.29, 0.717) is 5.56 Å². The highest BCUT2D eigenvalue weighted by atomic mass is 16.3. The van der Waals surface area contributed by atoms with E-state index in [4.69, 9.17) is 4.42 Å². The molecule has 0 unspecified atom stereocenters. The molecule has 0 radical (unpaired) electrons. The van der Waals surface area contributed by atoms with Crippen molar-refractivity contribution in [2.45, 2.75) is 6.42 Å². The molecule has 0 amide bonds. The predicted molar refractivity (Wildman–Crippen MR) is 51.4 cm³/mol. The Hall–Kier alpha value is -1.83. The highest BCUT2D eigenvalue weighted by Crippen LogP contribution is 2.27. The van der Waals surface area contributed by atoms with Crippen LogP contribution in [0.5, 0.6) is 0 Å². The van der Waals surface area contributed by atoms with Crippen LogP contribution in [0, 0.1) is 0 Å². The number of rotatable bonds is 0. The fourth-order valence-corrected chi connectivity index (χ4v) is 1.91. The van der Waals surface area contributed by atoms with Crippen LogP contribution in [-0.2, 0) is 6.42 Å². The van der Waals surface area contributed by atoms with Crippen LogP contribution in [0.3, 0.4) is 0 Å². The fourth-order valence-electron chi connectivity index (χ4n) is 1.91. The number of furan rings is 1. The molecule has 0 N–H and O–H groups in total. The van der Waals surface area contributed by atoms with Gasteiger partial charge >= 0.3 is 0 Å². The minimum absolute atomic E-state index is 0.0793. The van der Waals surface area contributed by atoms with E-state index in [2.05, 4.69) is 0 Å². The van der Waals surface area contributed by atoms with Gasteiger partial charge in [0.05, 0.1) is 11.8 Å². The third-order valence-electron chi connectivity index (χ3n) is 2.63. The van der Waals surface area contributed by atoms with Crippen LogP contribution in [0.4, 0.5) is 0 Å². The van der Waals surface area contributed by atoms with Crippen LogP contribution >= 0.6 is 0 Å². The largest absolute Gasteiger partial charge is 0.472 e. The van der Waals surface area contributed by atoms with Crippen molar-refractivity contribution < 1.29 is 9.21 Å². The second-order valence-corrected chi connectivity index (χ2v) is 3.47. The second kappa shape index (κ2) is 2.58. The molecule has 1 aromatic heterocycles. The van der Waals surface area contributed by atoms with Gasteiger partial charge in [-0.05, 0) is 5.56 Å². The number of carbonyl (C=O) groups is 1. The molecule has 1 aromatic carbocycles. The summed E-state index contributed by atoms with van der Waals surface area (Å²) in [5, 5.41) is 0. The number of fused-ring (bicyclic) bond motifs is 2. The molecule has 0 saturated heterocycles. The molecule has 2 aromatic rings. The topological polar surface area (TPSA) is 30.2 Å². The standard InChI is InChI=1S/C12H8O2/c13-12-10-4-2-1-3-8(10)5-9-6-14-7-11(9)12/h1-4,6-7H,5H2. The lowest BCUT2D eigenvalue weighted by atomic mass is 9.88. The maximum absolute atomic E-state index is 11.9. The van der Waals surface area contributed by atoms with Gasteiger partial charge in [0, 0.05) is 17.5 Å². The van der Waals surface area contributed by atoms with Crippen LogP contribution in [0.2, 0.25) is 0 Å². The number of hydrogen-bond acceptors (Lipinski definition) is 2. The summed E-state index contributed by atoms with van der Waals surface area (Å²) in [6, 6.07) is 7.70. The first kappa shape index (κ1) is 7.56. The zero-order chi connectivity index (χ0) is 9.54. The van der Waals surface area contributed by atoms with Crippen molar-refractivity contribution in [2.24, 2.45) is 0 Å². The molecular formula is C12H8O2. The average molecular weight is 184 g/mol. The summed E-state index contributed by atoms with van der Waals surface area (Å²) in [7, 11) is 0. The van der Waals surface area contributed by atoms with Gasteiger partial charge in [0.15, 0.2) is 5.78 Å². The maximum atomic E-state index is 11.9. The third kappa shape index (κ3) is 0.880. The van der Waals surface area contributed by atoms with Gasteiger partial charge in [0.25, 0.3) is 0 Å². The minimum atomic E-state index is 0.0793. The lowest BCUT2D eigenvalue weighted by molar-refractivity contribution is 0.103. The Morgan fingerprint density at radius 2 is 1.86 bits per heavy atom. The van der Waals surface area contributed by atoms with Gasteiger partial charge in [-0.15, -0.1) is 0 Å². The summed E-state index contributed by atoms with van der Waals surface area (Å²) in [5.74, 6) is 0.0793. The van der Waals surface area contributed by atoms with Crippen molar-refractivity contribution in [3.63, 3.8) is 0 Å². The molecule has 1 aliphatic rings. The highest BCUT2D eigenvalue weighted by molar-refractivity contribution is 6.12. The first-order valence-electron chi connectivity index (χ1n) is 4.54. The van der Waals surface area contributed by atoms with Gasteiger partial charge in [0.2, 0.25) is 0 Å². The molecule has 0 atom stereocenters. The van der Waals surface area contributed by atoms with Crippen LogP contribution in [0.15, 0.2) is 41.2 Å². The van der Waals surface area contributed by atoms with Gasteiger partial charge < -0.3 is 4.42 Å². The number of ketones is 1. The normalized spacial score (nSPS) is 13.6. The van der Waals surface area contributed by atoms with E-state index in [9.17, 15) is 4.79 Å². The van der Waals surface area contributed by atoms with Crippen molar-refractivity contribution in [3.05, 3.63) is 59.0 Å². The monoisotopic (exact) mass is 184 g/mol. The molecule has 14 heavy (non-hydrogen) atoms. The zero-order valence-corrected chi connectivity index (χ0v) is 7.49. The van der Waals surface area contributed by atoms with Crippen LogP contribution in [0.1, 0.15) is 27.0 Å². The van der Waals surface area contributed by atoms with Crippen molar-refractivity contribution >= 4 is 5.78 Å². The van der Waals surface area contributed by atoms with E-state index >= 15 is 0 Å². The Labute approximate surface area is 81.2 Å². The quantitative estimate of drug-likeness (QED) is 0.537. The van der Waals surface area contributed by atoms with E-state index in [-0.39, 0.29) is 5.78 Å². The van der Waals surface area contributed by atoms with E-state index in [1.807, 2.05) is 24.3 Å². The van der Waals surface area contributed by atoms with Crippen LogP contribution < -0.4 is 0 Å². The molecule has 1 aliphatic carbocycles. The number of carbonyl (C=O) groups excluding carboxylic acids is 1. The van der Waals surface area contributed by atoms with Crippen molar-refractivity contribution in [2.75, 3.05) is 0 Å². The third-order valence-corrected chi connectivity index (χ3v) is 2.63. The Balaban J connectivity index is 2.26. The van der Waals surface area contributed by atoms with E-state index in [1.165, 1.54) is 6.26 Å². The summed E-state index contributed by atoms with van der Waals surface area (Å²) in [4.78, 5) is 11.9. The molecule has 2 nitrogen and oxygen atoms in total. The molecule has 0 fully saturated rings. The first-order chi connectivity index (χ1) is 6.86. The predicted octanol–water partition coefficient (Wildman–Crippen LogP) is 2.41. The van der Waals surface area contributed by atoms with Crippen molar-refractivity contribution in [1.82, 2.24) is 0 Å². The van der Waals surface area contributed by atoms with Gasteiger partial charge in [-0.2, -0.15) is 0 Å². The lowest BCUT2D eigenvalue weighted by Gasteiger charge is -2.13. The average Bonchev–Trinajstić information content (AvgIpc) is 2.66. The Kier molecular flexibility index (Phi) is 1.39. The number of benzene rings is 1.